The number of rotatable bonds is 9. The first kappa shape index (κ1) is 20.4. The zero-order chi connectivity index (χ0) is 19.8. The van der Waals surface area contributed by atoms with Crippen LogP contribution in [0.4, 0.5) is 11.5 Å². The summed E-state index contributed by atoms with van der Waals surface area (Å²) in [5.74, 6) is 1.98. The van der Waals surface area contributed by atoms with Gasteiger partial charge in [0.2, 0.25) is 0 Å². The summed E-state index contributed by atoms with van der Waals surface area (Å²) in [6, 6.07) is 6.83. The summed E-state index contributed by atoms with van der Waals surface area (Å²) in [4.78, 5) is 23.3. The Hall–Kier alpha value is -2.87. The van der Waals surface area contributed by atoms with Crippen LogP contribution >= 0.6 is 0 Å². The molecule has 8 heteroatoms. The summed E-state index contributed by atoms with van der Waals surface area (Å²) >= 11 is 0. The molecular weight excluding hydrogens is 346 g/mol. The maximum atomic E-state index is 12.6. The third kappa shape index (κ3) is 6.10. The van der Waals surface area contributed by atoms with E-state index >= 15 is 0 Å². The number of anilines is 2. The molecule has 8 nitrogen and oxygen atoms in total. The molecule has 1 aromatic carbocycles. The van der Waals surface area contributed by atoms with E-state index in [1.54, 1.807) is 38.3 Å². The van der Waals surface area contributed by atoms with Crippen LogP contribution in [0.1, 0.15) is 22.7 Å². The van der Waals surface area contributed by atoms with Crippen molar-refractivity contribution in [3.05, 3.63) is 35.8 Å². The second-order valence-electron chi connectivity index (χ2n) is 6.29. The molecule has 0 fully saturated rings. The average Bonchev–Trinajstić information content (AvgIpc) is 2.65. The lowest BCUT2D eigenvalue weighted by atomic mass is 10.2. The van der Waals surface area contributed by atoms with E-state index in [2.05, 4.69) is 25.5 Å². The van der Waals surface area contributed by atoms with Crippen molar-refractivity contribution in [3.63, 3.8) is 0 Å². The quantitative estimate of drug-likeness (QED) is 0.653. The van der Waals surface area contributed by atoms with Crippen molar-refractivity contribution in [1.82, 2.24) is 14.9 Å². The van der Waals surface area contributed by atoms with Gasteiger partial charge in [-0.1, -0.05) is 0 Å². The number of aromatic nitrogens is 2. The number of aryl methyl sites for hydroxylation is 1. The molecule has 0 atom stereocenters. The molecule has 0 saturated carbocycles. The number of carbonyl (C=O) groups is 1. The minimum absolute atomic E-state index is 0.287. The van der Waals surface area contributed by atoms with Crippen molar-refractivity contribution >= 4 is 17.4 Å². The van der Waals surface area contributed by atoms with E-state index in [0.717, 1.165) is 19.5 Å². The van der Waals surface area contributed by atoms with Gasteiger partial charge in [-0.15, -0.1) is 0 Å². The molecule has 0 radical (unpaired) electrons. The van der Waals surface area contributed by atoms with Gasteiger partial charge in [-0.3, -0.25) is 4.79 Å². The highest BCUT2D eigenvalue weighted by Crippen LogP contribution is 2.29. The smallest absolute Gasteiger partial charge is 0.274 e. The fourth-order valence-corrected chi connectivity index (χ4v) is 2.47. The molecule has 0 aliphatic carbocycles. The van der Waals surface area contributed by atoms with Crippen molar-refractivity contribution in [2.24, 2.45) is 0 Å². The Bertz CT molecular complexity index is 780. The monoisotopic (exact) mass is 373 g/mol. The predicted molar refractivity (Wildman–Crippen MR) is 106 cm³/mol. The molecule has 0 spiro atoms. The van der Waals surface area contributed by atoms with Gasteiger partial charge >= 0.3 is 0 Å². The molecule has 146 valence electrons. The fourth-order valence-electron chi connectivity index (χ4n) is 2.47. The SMILES string of the molecule is COc1ccc(NC(=O)c2cc(NCCCN(C)C)nc(C)n2)c(OC)c1. The van der Waals surface area contributed by atoms with E-state index in [9.17, 15) is 4.79 Å². The van der Waals surface area contributed by atoms with Crippen LogP contribution in [-0.2, 0) is 0 Å². The van der Waals surface area contributed by atoms with Gasteiger partial charge in [-0.25, -0.2) is 9.97 Å². The van der Waals surface area contributed by atoms with Crippen molar-refractivity contribution in [2.45, 2.75) is 13.3 Å². The zero-order valence-electron chi connectivity index (χ0n) is 16.5. The standard InChI is InChI=1S/C19H27N5O3/c1-13-21-16(12-18(22-13)20-9-6-10-24(2)3)19(25)23-15-8-7-14(26-4)11-17(15)27-5/h7-8,11-12H,6,9-10H2,1-5H3,(H,23,25)(H,20,21,22). The van der Waals surface area contributed by atoms with Crippen molar-refractivity contribution < 1.29 is 14.3 Å². The van der Waals surface area contributed by atoms with E-state index in [-0.39, 0.29) is 11.6 Å². The molecule has 2 N–H and O–H groups in total. The Morgan fingerprint density at radius 3 is 2.59 bits per heavy atom. The number of methoxy groups -OCH3 is 2. The Morgan fingerprint density at radius 2 is 1.93 bits per heavy atom. The minimum Gasteiger partial charge on any atom is -0.497 e. The molecule has 0 saturated heterocycles. The van der Waals surface area contributed by atoms with Crippen LogP contribution in [0.25, 0.3) is 0 Å². The maximum Gasteiger partial charge on any atom is 0.274 e. The van der Waals surface area contributed by atoms with Gasteiger partial charge in [0.25, 0.3) is 5.91 Å². The largest absolute Gasteiger partial charge is 0.497 e. The van der Waals surface area contributed by atoms with E-state index in [0.29, 0.717) is 28.8 Å². The van der Waals surface area contributed by atoms with E-state index < -0.39 is 0 Å². The van der Waals surface area contributed by atoms with Gasteiger partial charge in [0.1, 0.15) is 28.8 Å². The van der Waals surface area contributed by atoms with Crippen molar-refractivity contribution in [3.8, 4) is 11.5 Å². The third-order valence-electron chi connectivity index (χ3n) is 3.82. The molecule has 2 rings (SSSR count). The van der Waals surface area contributed by atoms with Crippen LogP contribution in [0.3, 0.4) is 0 Å². The molecule has 1 heterocycles. The lowest BCUT2D eigenvalue weighted by molar-refractivity contribution is 0.102. The van der Waals surface area contributed by atoms with Crippen LogP contribution in [0.5, 0.6) is 11.5 Å². The van der Waals surface area contributed by atoms with Gasteiger partial charge in [0.15, 0.2) is 0 Å². The first-order valence-corrected chi connectivity index (χ1v) is 8.70. The second-order valence-corrected chi connectivity index (χ2v) is 6.29. The summed E-state index contributed by atoms with van der Waals surface area (Å²) in [6.07, 6.45) is 0.973. The highest BCUT2D eigenvalue weighted by atomic mass is 16.5. The summed E-state index contributed by atoms with van der Waals surface area (Å²) in [5, 5.41) is 6.06. The highest BCUT2D eigenvalue weighted by Gasteiger charge is 2.14. The van der Waals surface area contributed by atoms with Gasteiger partial charge in [0, 0.05) is 18.7 Å². The normalized spacial score (nSPS) is 10.6. The third-order valence-corrected chi connectivity index (χ3v) is 3.82. The minimum atomic E-state index is -0.333. The molecule has 1 aromatic heterocycles. The predicted octanol–water partition coefficient (Wildman–Crippen LogP) is 2.42. The number of ether oxygens (including phenoxy) is 2. The number of nitrogens with zero attached hydrogens (tertiary/aromatic N) is 3. The van der Waals surface area contributed by atoms with E-state index in [1.807, 2.05) is 14.1 Å². The van der Waals surface area contributed by atoms with Crippen LogP contribution in [0.15, 0.2) is 24.3 Å². The number of carbonyl (C=O) groups excluding carboxylic acids is 1. The molecule has 0 aliphatic heterocycles. The molecule has 1 amide bonds. The molecule has 2 aromatic rings. The lowest BCUT2D eigenvalue weighted by Crippen LogP contribution is -2.18. The van der Waals surface area contributed by atoms with Crippen molar-refractivity contribution in [1.29, 1.82) is 0 Å². The van der Waals surface area contributed by atoms with Crippen LogP contribution in [-0.4, -0.2) is 62.2 Å². The van der Waals surface area contributed by atoms with Crippen LogP contribution < -0.4 is 20.1 Å². The molecule has 27 heavy (non-hydrogen) atoms. The molecule has 0 aliphatic rings. The number of nitrogens with one attached hydrogen (secondary N) is 2. The zero-order valence-corrected chi connectivity index (χ0v) is 16.5. The maximum absolute atomic E-state index is 12.6. The first-order chi connectivity index (χ1) is 12.9. The Balaban J connectivity index is 2.10. The van der Waals surface area contributed by atoms with Crippen LogP contribution in [0, 0.1) is 6.92 Å². The van der Waals surface area contributed by atoms with Gasteiger partial charge in [-0.05, 0) is 46.1 Å². The summed E-state index contributed by atoms with van der Waals surface area (Å²) in [5.41, 5.74) is 0.829. The second kappa shape index (κ2) is 9.72. The Kier molecular flexibility index (Phi) is 7.36. The summed E-state index contributed by atoms with van der Waals surface area (Å²) < 4.78 is 10.5. The Morgan fingerprint density at radius 1 is 1.15 bits per heavy atom. The molecule has 0 unspecified atom stereocenters. The van der Waals surface area contributed by atoms with Gasteiger partial charge in [-0.2, -0.15) is 0 Å². The number of hydrogen-bond donors (Lipinski definition) is 2. The number of hydrogen-bond acceptors (Lipinski definition) is 7. The van der Waals surface area contributed by atoms with Gasteiger partial charge in [0.05, 0.1) is 19.9 Å². The van der Waals surface area contributed by atoms with E-state index in [4.69, 9.17) is 9.47 Å². The first-order valence-electron chi connectivity index (χ1n) is 8.70. The van der Waals surface area contributed by atoms with Crippen LogP contribution in [0.2, 0.25) is 0 Å². The average molecular weight is 373 g/mol. The Labute approximate surface area is 159 Å². The highest BCUT2D eigenvalue weighted by molar-refractivity contribution is 6.04. The van der Waals surface area contributed by atoms with E-state index in [1.165, 1.54) is 7.11 Å². The van der Waals surface area contributed by atoms with Gasteiger partial charge < -0.3 is 25.0 Å². The summed E-state index contributed by atoms with van der Waals surface area (Å²) in [6.45, 7) is 3.50. The molecule has 0 bridgehead atoms. The molecular formula is C19H27N5O3. The topological polar surface area (TPSA) is 88.6 Å². The van der Waals surface area contributed by atoms with Crippen molar-refractivity contribution in [2.75, 3.05) is 52.0 Å². The number of benzene rings is 1. The summed E-state index contributed by atoms with van der Waals surface area (Å²) in [7, 11) is 7.17. The fraction of sp³-hybridized carbons (Fsp3) is 0.421. The number of amides is 1. The lowest BCUT2D eigenvalue weighted by Gasteiger charge is -2.13.